The lowest BCUT2D eigenvalue weighted by Crippen LogP contribution is -2.31. The molecule has 0 aliphatic carbocycles. The molecule has 0 saturated heterocycles. The van der Waals surface area contributed by atoms with Crippen LogP contribution in [0.2, 0.25) is 5.02 Å². The standard InChI is InChI=1S/C17H14ClN3O2S/c18-13-5-3-12(4-6-13)17(23)19-9-10-21-16(22)8-7-14(20-21)15-2-1-11-24-15/h1-8,11H,9-10H2,(H,19,23). The van der Waals surface area contributed by atoms with E-state index in [1.54, 1.807) is 41.7 Å². The Kier molecular flexibility index (Phi) is 5.08. The molecule has 0 fully saturated rings. The molecule has 24 heavy (non-hydrogen) atoms. The van der Waals surface area contributed by atoms with Gasteiger partial charge in [0.2, 0.25) is 0 Å². The number of thiophene rings is 1. The summed E-state index contributed by atoms with van der Waals surface area (Å²) in [6.07, 6.45) is 0. The zero-order chi connectivity index (χ0) is 16.9. The van der Waals surface area contributed by atoms with E-state index < -0.39 is 0 Å². The quantitative estimate of drug-likeness (QED) is 0.761. The van der Waals surface area contributed by atoms with Gasteiger partial charge in [0, 0.05) is 23.2 Å². The van der Waals surface area contributed by atoms with Crippen molar-refractivity contribution in [1.29, 1.82) is 0 Å². The van der Waals surface area contributed by atoms with Crippen molar-refractivity contribution < 1.29 is 4.79 Å². The molecule has 0 saturated carbocycles. The van der Waals surface area contributed by atoms with Crippen molar-refractivity contribution in [1.82, 2.24) is 15.1 Å². The SMILES string of the molecule is O=C(NCCn1nc(-c2cccs2)ccc1=O)c1ccc(Cl)cc1. The largest absolute Gasteiger partial charge is 0.350 e. The fraction of sp³-hybridized carbons (Fsp3) is 0.118. The van der Waals surface area contributed by atoms with Gasteiger partial charge in [-0.05, 0) is 41.8 Å². The summed E-state index contributed by atoms with van der Waals surface area (Å²) >= 11 is 7.36. The van der Waals surface area contributed by atoms with Gasteiger partial charge < -0.3 is 5.32 Å². The maximum absolute atomic E-state index is 12.0. The first-order valence-corrected chi connectivity index (χ1v) is 8.55. The molecule has 3 rings (SSSR count). The summed E-state index contributed by atoms with van der Waals surface area (Å²) in [6, 6.07) is 13.7. The Bertz CT molecular complexity index is 889. The van der Waals surface area contributed by atoms with Crippen LogP contribution >= 0.6 is 22.9 Å². The monoisotopic (exact) mass is 359 g/mol. The number of benzene rings is 1. The Morgan fingerprint density at radius 2 is 1.96 bits per heavy atom. The van der Waals surface area contributed by atoms with Crippen LogP contribution in [-0.2, 0) is 6.54 Å². The van der Waals surface area contributed by atoms with Crippen molar-refractivity contribution >= 4 is 28.8 Å². The van der Waals surface area contributed by atoms with Gasteiger partial charge in [-0.1, -0.05) is 17.7 Å². The van der Waals surface area contributed by atoms with E-state index in [0.29, 0.717) is 23.7 Å². The number of carbonyl (C=O) groups excluding carboxylic acids is 1. The molecule has 0 radical (unpaired) electrons. The maximum Gasteiger partial charge on any atom is 0.266 e. The van der Waals surface area contributed by atoms with Crippen LogP contribution in [0.5, 0.6) is 0 Å². The molecule has 0 bridgehead atoms. The van der Waals surface area contributed by atoms with E-state index >= 15 is 0 Å². The topological polar surface area (TPSA) is 64.0 Å². The number of carbonyl (C=O) groups is 1. The molecule has 2 aromatic heterocycles. The van der Waals surface area contributed by atoms with E-state index in [1.807, 2.05) is 17.5 Å². The summed E-state index contributed by atoms with van der Waals surface area (Å²) < 4.78 is 1.36. The summed E-state index contributed by atoms with van der Waals surface area (Å²) in [4.78, 5) is 24.9. The second-order valence-corrected chi connectivity index (χ2v) is 6.40. The van der Waals surface area contributed by atoms with Crippen LogP contribution in [0.15, 0.2) is 58.7 Å². The third-order valence-electron chi connectivity index (χ3n) is 3.36. The summed E-state index contributed by atoms with van der Waals surface area (Å²) in [6.45, 7) is 0.611. The van der Waals surface area contributed by atoms with Gasteiger partial charge in [-0.15, -0.1) is 11.3 Å². The highest BCUT2D eigenvalue weighted by atomic mass is 35.5. The summed E-state index contributed by atoms with van der Waals surface area (Å²) in [5, 5.41) is 9.64. The number of rotatable bonds is 5. The van der Waals surface area contributed by atoms with E-state index in [0.717, 1.165) is 10.6 Å². The highest BCUT2D eigenvalue weighted by molar-refractivity contribution is 7.13. The molecule has 1 N–H and O–H groups in total. The Labute approximate surface area is 147 Å². The highest BCUT2D eigenvalue weighted by Gasteiger charge is 2.07. The fourth-order valence-electron chi connectivity index (χ4n) is 2.14. The van der Waals surface area contributed by atoms with Crippen LogP contribution < -0.4 is 10.9 Å². The van der Waals surface area contributed by atoms with E-state index in [9.17, 15) is 9.59 Å². The first kappa shape index (κ1) is 16.4. The minimum absolute atomic E-state index is 0.198. The van der Waals surface area contributed by atoms with Gasteiger partial charge in [0.1, 0.15) is 5.69 Å². The van der Waals surface area contributed by atoms with Gasteiger partial charge >= 0.3 is 0 Å². The average molecular weight is 360 g/mol. The second-order valence-electron chi connectivity index (χ2n) is 5.02. The van der Waals surface area contributed by atoms with Crippen LogP contribution in [0.1, 0.15) is 10.4 Å². The molecular weight excluding hydrogens is 346 g/mol. The molecule has 0 aliphatic rings. The first-order valence-electron chi connectivity index (χ1n) is 7.29. The minimum atomic E-state index is -0.214. The van der Waals surface area contributed by atoms with Crippen LogP contribution in [-0.4, -0.2) is 22.2 Å². The molecular formula is C17H14ClN3O2S. The van der Waals surface area contributed by atoms with Crippen molar-refractivity contribution in [2.45, 2.75) is 6.54 Å². The second kappa shape index (κ2) is 7.42. The van der Waals surface area contributed by atoms with E-state index in [2.05, 4.69) is 10.4 Å². The van der Waals surface area contributed by atoms with Crippen LogP contribution in [0, 0.1) is 0 Å². The van der Waals surface area contributed by atoms with Crippen molar-refractivity contribution in [3.63, 3.8) is 0 Å². The zero-order valence-electron chi connectivity index (χ0n) is 12.6. The Morgan fingerprint density at radius 3 is 2.67 bits per heavy atom. The zero-order valence-corrected chi connectivity index (χ0v) is 14.2. The highest BCUT2D eigenvalue weighted by Crippen LogP contribution is 2.20. The van der Waals surface area contributed by atoms with E-state index in [1.165, 1.54) is 10.7 Å². The van der Waals surface area contributed by atoms with Crippen molar-refractivity contribution in [2.75, 3.05) is 6.54 Å². The molecule has 0 aliphatic heterocycles. The molecule has 5 nitrogen and oxygen atoms in total. The summed E-state index contributed by atoms with van der Waals surface area (Å²) in [5.74, 6) is -0.214. The number of amides is 1. The van der Waals surface area contributed by atoms with Crippen LogP contribution in [0.4, 0.5) is 0 Å². The summed E-state index contributed by atoms with van der Waals surface area (Å²) in [5.41, 5.74) is 1.07. The van der Waals surface area contributed by atoms with Crippen LogP contribution in [0.25, 0.3) is 10.6 Å². The van der Waals surface area contributed by atoms with Gasteiger partial charge in [-0.2, -0.15) is 5.10 Å². The fourth-order valence-corrected chi connectivity index (χ4v) is 2.96. The molecule has 1 amide bonds. The van der Waals surface area contributed by atoms with Crippen LogP contribution in [0.3, 0.4) is 0 Å². The number of hydrogen-bond acceptors (Lipinski definition) is 4. The molecule has 7 heteroatoms. The predicted molar refractivity (Wildman–Crippen MR) is 95.6 cm³/mol. The molecule has 0 spiro atoms. The maximum atomic E-state index is 12.0. The molecule has 1 aromatic carbocycles. The molecule has 2 heterocycles. The van der Waals surface area contributed by atoms with Crippen molar-refractivity contribution in [3.8, 4) is 10.6 Å². The van der Waals surface area contributed by atoms with Gasteiger partial charge in [0.05, 0.1) is 11.4 Å². The normalized spacial score (nSPS) is 10.5. The van der Waals surface area contributed by atoms with E-state index in [4.69, 9.17) is 11.6 Å². The van der Waals surface area contributed by atoms with Gasteiger partial charge in [-0.3, -0.25) is 9.59 Å². The lowest BCUT2D eigenvalue weighted by molar-refractivity contribution is 0.0952. The minimum Gasteiger partial charge on any atom is -0.350 e. The molecule has 122 valence electrons. The number of hydrogen-bond donors (Lipinski definition) is 1. The Hall–Kier alpha value is -2.44. The predicted octanol–water partition coefficient (Wildman–Crippen LogP) is 3.06. The molecule has 3 aromatic rings. The Balaban J connectivity index is 1.64. The number of nitrogens with zero attached hydrogens (tertiary/aromatic N) is 2. The average Bonchev–Trinajstić information content (AvgIpc) is 3.11. The summed E-state index contributed by atoms with van der Waals surface area (Å²) in [7, 11) is 0. The van der Waals surface area contributed by atoms with Gasteiger partial charge in [0.25, 0.3) is 11.5 Å². The smallest absolute Gasteiger partial charge is 0.266 e. The molecule has 0 unspecified atom stereocenters. The Morgan fingerprint density at radius 1 is 1.17 bits per heavy atom. The third kappa shape index (κ3) is 3.90. The molecule has 0 atom stereocenters. The number of aromatic nitrogens is 2. The lowest BCUT2D eigenvalue weighted by Gasteiger charge is -2.08. The van der Waals surface area contributed by atoms with Gasteiger partial charge in [-0.25, -0.2) is 4.68 Å². The number of nitrogens with one attached hydrogen (secondary N) is 1. The lowest BCUT2D eigenvalue weighted by atomic mass is 10.2. The van der Waals surface area contributed by atoms with E-state index in [-0.39, 0.29) is 11.5 Å². The number of halogens is 1. The van der Waals surface area contributed by atoms with Gasteiger partial charge in [0.15, 0.2) is 0 Å². The first-order chi connectivity index (χ1) is 11.6. The third-order valence-corrected chi connectivity index (χ3v) is 4.50. The van der Waals surface area contributed by atoms with Crippen molar-refractivity contribution in [2.24, 2.45) is 0 Å². The van der Waals surface area contributed by atoms with Crippen molar-refractivity contribution in [3.05, 3.63) is 74.9 Å².